The van der Waals surface area contributed by atoms with E-state index in [0.717, 1.165) is 36.2 Å². The number of nitrogens with zero attached hydrogens (tertiary/aromatic N) is 1. The highest BCUT2D eigenvalue weighted by atomic mass is 16.3. The Bertz CT molecular complexity index is 2670. The second-order valence-corrected chi connectivity index (χ2v) is 19.0. The van der Waals surface area contributed by atoms with Gasteiger partial charge in [-0.15, -0.1) is 0 Å². The number of hydrogen-bond donors (Lipinski definition) is 1. The molecule has 2 atom stereocenters. The van der Waals surface area contributed by atoms with E-state index in [4.69, 9.17) is 4.42 Å². The Hall–Kier alpha value is -4.96. The number of anilines is 4. The molecule has 2 unspecified atom stereocenters. The predicted molar refractivity (Wildman–Crippen MR) is 233 cm³/mol. The maximum atomic E-state index is 7.03. The lowest BCUT2D eigenvalue weighted by molar-refractivity contribution is 0.195. The standard InChI is InChI=1S/C50H51BN2O/c1-47(2,3)32-19-21-34(22-20-32)52-41-26-31-16-10-9-15-30(31)25-36(41)37-29-38-35-17-11-12-18-42(35)54-46(38)45-43(37)51-40-28-33(48(4,5)6)27-39-44(40)53(45)50(8)24-14-13-23-49(39,50)7/h9-12,15-22,25-29,51-52H,13-14,23-24H2,1-8H3. The van der Waals surface area contributed by atoms with Gasteiger partial charge in [0.05, 0.1) is 11.2 Å². The fourth-order valence-corrected chi connectivity index (χ4v) is 10.3. The molecule has 4 heteroatoms. The van der Waals surface area contributed by atoms with Gasteiger partial charge < -0.3 is 14.6 Å². The zero-order chi connectivity index (χ0) is 37.4. The van der Waals surface area contributed by atoms with E-state index in [1.165, 1.54) is 85.4 Å². The van der Waals surface area contributed by atoms with E-state index in [-0.39, 0.29) is 21.8 Å². The van der Waals surface area contributed by atoms with Crippen LogP contribution in [0.25, 0.3) is 43.8 Å². The summed E-state index contributed by atoms with van der Waals surface area (Å²) in [5, 5.41) is 8.77. The van der Waals surface area contributed by atoms with Crippen molar-refractivity contribution in [3.63, 3.8) is 0 Å². The first kappa shape index (κ1) is 33.6. The van der Waals surface area contributed by atoms with Gasteiger partial charge in [-0.05, 0) is 105 Å². The van der Waals surface area contributed by atoms with Crippen LogP contribution in [0.5, 0.6) is 0 Å². The number of furan rings is 1. The molecule has 1 aliphatic carbocycles. The quantitative estimate of drug-likeness (QED) is 0.185. The highest BCUT2D eigenvalue weighted by Crippen LogP contribution is 2.62. The first-order valence-corrected chi connectivity index (χ1v) is 20.1. The van der Waals surface area contributed by atoms with E-state index >= 15 is 0 Å². The fraction of sp³-hybridized carbons (Fsp3) is 0.320. The number of fused-ring (bicyclic) bond motifs is 10. The maximum absolute atomic E-state index is 7.03. The smallest absolute Gasteiger partial charge is 0.198 e. The molecule has 10 rings (SSSR count). The topological polar surface area (TPSA) is 28.4 Å². The molecule has 1 fully saturated rings. The van der Waals surface area contributed by atoms with Crippen LogP contribution in [-0.2, 0) is 16.2 Å². The molecule has 54 heavy (non-hydrogen) atoms. The summed E-state index contributed by atoms with van der Waals surface area (Å²) >= 11 is 0. The van der Waals surface area contributed by atoms with Crippen molar-refractivity contribution in [1.29, 1.82) is 0 Å². The first-order valence-electron chi connectivity index (χ1n) is 20.1. The Morgan fingerprint density at radius 3 is 2.09 bits per heavy atom. The van der Waals surface area contributed by atoms with Crippen LogP contribution < -0.4 is 21.1 Å². The molecule has 3 heterocycles. The van der Waals surface area contributed by atoms with Crippen LogP contribution in [0.1, 0.15) is 97.8 Å². The normalized spacial score (nSPS) is 20.6. The van der Waals surface area contributed by atoms with Gasteiger partial charge in [-0.3, -0.25) is 0 Å². The zero-order valence-electron chi connectivity index (χ0n) is 33.2. The number of para-hydroxylation sites is 1. The van der Waals surface area contributed by atoms with Gasteiger partial charge in [0.1, 0.15) is 5.58 Å². The summed E-state index contributed by atoms with van der Waals surface area (Å²) in [6.45, 7) is 19.1. The van der Waals surface area contributed by atoms with Crippen molar-refractivity contribution in [3.8, 4) is 11.1 Å². The lowest BCUT2D eigenvalue weighted by Crippen LogP contribution is -2.57. The molecule has 7 aromatic rings. The van der Waals surface area contributed by atoms with Gasteiger partial charge in [-0.25, -0.2) is 0 Å². The molecule has 1 aromatic heterocycles. The maximum Gasteiger partial charge on any atom is 0.198 e. The molecule has 0 bridgehead atoms. The van der Waals surface area contributed by atoms with Crippen LogP contribution in [0, 0.1) is 0 Å². The summed E-state index contributed by atoms with van der Waals surface area (Å²) < 4.78 is 7.03. The molecule has 1 saturated carbocycles. The average Bonchev–Trinajstić information content (AvgIpc) is 3.61. The minimum Gasteiger partial charge on any atom is -0.454 e. The minimum absolute atomic E-state index is 0.0292. The Morgan fingerprint density at radius 2 is 1.35 bits per heavy atom. The summed E-state index contributed by atoms with van der Waals surface area (Å²) in [5.74, 6) is 0. The van der Waals surface area contributed by atoms with Crippen LogP contribution in [0.2, 0.25) is 0 Å². The van der Waals surface area contributed by atoms with Gasteiger partial charge >= 0.3 is 0 Å². The van der Waals surface area contributed by atoms with Gasteiger partial charge in [0, 0.05) is 38.8 Å². The van der Waals surface area contributed by atoms with Crippen LogP contribution >= 0.6 is 0 Å². The van der Waals surface area contributed by atoms with Gasteiger partial charge in [0.2, 0.25) is 0 Å². The van der Waals surface area contributed by atoms with Crippen molar-refractivity contribution in [1.82, 2.24) is 0 Å². The second kappa shape index (κ2) is 11.3. The van der Waals surface area contributed by atoms with E-state index in [2.05, 4.69) is 169 Å². The molecule has 0 amide bonds. The van der Waals surface area contributed by atoms with Crippen molar-refractivity contribution < 1.29 is 4.42 Å². The largest absolute Gasteiger partial charge is 0.454 e. The number of nitrogens with one attached hydrogen (secondary N) is 1. The molecule has 270 valence electrons. The third kappa shape index (κ3) is 4.74. The SMILES string of the molecule is CC(C)(C)c1ccc(Nc2cc3ccccc3cc2-c2cc3c(oc4ccccc43)c3c2Bc2cc(C(C)(C)C)cc4c2N3C2(C)CCCCC42C)cc1. The molecule has 2 aliphatic heterocycles. The van der Waals surface area contributed by atoms with Crippen LogP contribution in [0.15, 0.2) is 108 Å². The van der Waals surface area contributed by atoms with Crippen LogP contribution in [-0.4, -0.2) is 12.8 Å². The van der Waals surface area contributed by atoms with Gasteiger partial charge in [-0.1, -0.05) is 134 Å². The highest BCUT2D eigenvalue weighted by molar-refractivity contribution is 6.74. The molecule has 3 aliphatic rings. The van der Waals surface area contributed by atoms with Crippen molar-refractivity contribution in [2.75, 3.05) is 10.2 Å². The fourth-order valence-electron chi connectivity index (χ4n) is 10.3. The summed E-state index contributed by atoms with van der Waals surface area (Å²) in [6, 6.07) is 38.8. The summed E-state index contributed by atoms with van der Waals surface area (Å²) in [7, 11) is 0.860. The molecular weight excluding hydrogens is 655 g/mol. The Morgan fingerprint density at radius 1 is 0.667 bits per heavy atom. The van der Waals surface area contributed by atoms with Crippen molar-refractivity contribution in [2.45, 2.75) is 103 Å². The van der Waals surface area contributed by atoms with Crippen molar-refractivity contribution in [2.24, 2.45) is 0 Å². The Kier molecular flexibility index (Phi) is 7.03. The third-order valence-corrected chi connectivity index (χ3v) is 13.7. The molecule has 6 aromatic carbocycles. The van der Waals surface area contributed by atoms with E-state index in [1.807, 2.05) is 0 Å². The van der Waals surface area contributed by atoms with Crippen molar-refractivity contribution >= 4 is 73.7 Å². The van der Waals surface area contributed by atoms with Gasteiger partial charge in [-0.2, -0.15) is 0 Å². The molecule has 0 saturated heterocycles. The zero-order valence-corrected chi connectivity index (χ0v) is 33.2. The lowest BCUT2D eigenvalue weighted by Gasteiger charge is -2.51. The minimum atomic E-state index is -0.0855. The van der Waals surface area contributed by atoms with Crippen LogP contribution in [0.3, 0.4) is 0 Å². The molecule has 3 nitrogen and oxygen atoms in total. The first-order chi connectivity index (χ1) is 25.7. The van der Waals surface area contributed by atoms with Crippen LogP contribution in [0.4, 0.5) is 22.7 Å². The monoisotopic (exact) mass is 706 g/mol. The molecule has 0 spiro atoms. The van der Waals surface area contributed by atoms with E-state index in [1.54, 1.807) is 5.56 Å². The molecular formula is C50H51BN2O. The van der Waals surface area contributed by atoms with E-state index < -0.39 is 0 Å². The number of rotatable bonds is 3. The van der Waals surface area contributed by atoms with E-state index in [9.17, 15) is 0 Å². The van der Waals surface area contributed by atoms with Gasteiger partial charge in [0.25, 0.3) is 0 Å². The molecule has 1 N–H and O–H groups in total. The Labute approximate surface area is 321 Å². The molecule has 0 radical (unpaired) electrons. The van der Waals surface area contributed by atoms with Crippen molar-refractivity contribution in [3.05, 3.63) is 120 Å². The van der Waals surface area contributed by atoms with Gasteiger partial charge in [0.15, 0.2) is 12.9 Å². The van der Waals surface area contributed by atoms with E-state index in [0.29, 0.717) is 0 Å². The number of hydrogen-bond acceptors (Lipinski definition) is 3. The Balaban J connectivity index is 1.29. The summed E-state index contributed by atoms with van der Waals surface area (Å²) in [6.07, 6.45) is 4.86. The highest BCUT2D eigenvalue weighted by Gasteiger charge is 2.60. The third-order valence-electron chi connectivity index (χ3n) is 13.7. The lowest BCUT2D eigenvalue weighted by atomic mass is 9.57. The summed E-state index contributed by atoms with van der Waals surface area (Å²) in [4.78, 5) is 2.80. The summed E-state index contributed by atoms with van der Waals surface area (Å²) in [5.41, 5.74) is 16.6. The second-order valence-electron chi connectivity index (χ2n) is 19.0. The average molecular weight is 707 g/mol. The number of benzene rings is 6. The predicted octanol–water partition coefficient (Wildman–Crippen LogP) is 12.2.